The van der Waals surface area contributed by atoms with Crippen LogP contribution in [0.5, 0.6) is 0 Å². The van der Waals surface area contributed by atoms with Gasteiger partial charge in [0.15, 0.2) is 0 Å². The number of epoxide rings is 1. The fraction of sp³-hybridized carbons (Fsp3) is 1.00. The van der Waals surface area contributed by atoms with Crippen LogP contribution in [0.15, 0.2) is 0 Å². The van der Waals surface area contributed by atoms with Gasteiger partial charge in [-0.15, -0.1) is 0 Å². The van der Waals surface area contributed by atoms with E-state index in [1.54, 1.807) is 0 Å². The Kier molecular flexibility index (Phi) is 1.08. The summed E-state index contributed by atoms with van der Waals surface area (Å²) in [4.78, 5) is 0. The van der Waals surface area contributed by atoms with Crippen LogP contribution in [-0.4, -0.2) is 18.1 Å². The standard InChI is InChI=1S/C3F6O/c4-1(2(5,6)7)3(8,9)10-1/t1-/m1/s1. The lowest BCUT2D eigenvalue weighted by Gasteiger charge is -2.04. The van der Waals surface area contributed by atoms with E-state index in [4.69, 9.17) is 0 Å². The number of alkyl halides is 6. The van der Waals surface area contributed by atoms with Crippen molar-refractivity contribution in [3.05, 3.63) is 0 Å². The molecule has 10 heavy (non-hydrogen) atoms. The van der Waals surface area contributed by atoms with E-state index in [0.717, 1.165) is 0 Å². The van der Waals surface area contributed by atoms with Gasteiger partial charge in [0.2, 0.25) is 0 Å². The Balaban J connectivity index is 2.78. The van der Waals surface area contributed by atoms with Gasteiger partial charge < -0.3 is 0 Å². The smallest absolute Gasteiger partial charge is 0.263 e. The Morgan fingerprint density at radius 2 is 1.30 bits per heavy atom. The summed E-state index contributed by atoms with van der Waals surface area (Å²) in [6.07, 6.45) is -10.4. The lowest BCUT2D eigenvalue weighted by molar-refractivity contribution is -0.231. The van der Waals surface area contributed by atoms with E-state index in [-0.39, 0.29) is 0 Å². The van der Waals surface area contributed by atoms with Crippen LogP contribution in [0.2, 0.25) is 0 Å². The molecule has 1 heterocycles. The van der Waals surface area contributed by atoms with Crippen molar-refractivity contribution in [1.29, 1.82) is 0 Å². The second-order valence-corrected chi connectivity index (χ2v) is 1.71. The van der Waals surface area contributed by atoms with Gasteiger partial charge in [0, 0.05) is 0 Å². The normalized spacial score (nSPS) is 37.8. The predicted molar refractivity (Wildman–Crippen MR) is 15.9 cm³/mol. The third-order valence-corrected chi connectivity index (χ3v) is 0.966. The molecule has 0 aromatic carbocycles. The lowest BCUT2D eigenvalue weighted by atomic mass is 10.4. The molecule has 0 radical (unpaired) electrons. The number of hydrogen-bond acceptors (Lipinski definition) is 1. The van der Waals surface area contributed by atoms with Gasteiger partial charge in [-0.1, -0.05) is 0 Å². The van der Waals surface area contributed by atoms with Crippen LogP contribution in [0.3, 0.4) is 0 Å². The van der Waals surface area contributed by atoms with Gasteiger partial charge in [-0.25, -0.2) is 0 Å². The molecule has 1 rings (SSSR count). The lowest BCUT2D eigenvalue weighted by Crippen LogP contribution is -2.32. The summed E-state index contributed by atoms with van der Waals surface area (Å²) >= 11 is 0. The minimum Gasteiger partial charge on any atom is -0.263 e. The van der Waals surface area contributed by atoms with Gasteiger partial charge in [0.05, 0.1) is 0 Å². The number of hydrogen-bond donors (Lipinski definition) is 0. The fourth-order valence-corrected chi connectivity index (χ4v) is 0.374. The van der Waals surface area contributed by atoms with Crippen LogP contribution in [0, 0.1) is 0 Å². The first-order chi connectivity index (χ1) is 4.21. The number of rotatable bonds is 0. The average Bonchev–Trinajstić information content (AvgIpc) is 2.05. The summed E-state index contributed by atoms with van der Waals surface area (Å²) in [6, 6.07) is 0. The van der Waals surface area contributed by atoms with Crippen LogP contribution in [0.4, 0.5) is 26.3 Å². The Bertz CT molecular complexity index is 161. The minimum atomic E-state index is -5.66. The third kappa shape index (κ3) is 0.695. The fourth-order valence-electron chi connectivity index (χ4n) is 0.374. The van der Waals surface area contributed by atoms with Crippen LogP contribution >= 0.6 is 0 Å². The van der Waals surface area contributed by atoms with E-state index in [1.165, 1.54) is 0 Å². The molecule has 60 valence electrons. The van der Waals surface area contributed by atoms with Crippen molar-refractivity contribution in [2.75, 3.05) is 0 Å². The highest BCUT2D eigenvalue weighted by Crippen LogP contribution is 2.60. The van der Waals surface area contributed by atoms with Gasteiger partial charge in [-0.05, 0) is 0 Å². The highest BCUT2D eigenvalue weighted by molar-refractivity contribution is 4.99. The molecule has 0 amide bonds. The summed E-state index contributed by atoms with van der Waals surface area (Å²) in [5.74, 6) is -4.75. The van der Waals surface area contributed by atoms with E-state index in [2.05, 4.69) is 4.74 Å². The highest BCUT2D eigenvalue weighted by Gasteiger charge is 2.90. The molecule has 1 aliphatic rings. The van der Waals surface area contributed by atoms with Crippen molar-refractivity contribution < 1.29 is 31.1 Å². The van der Waals surface area contributed by atoms with Crippen LogP contribution < -0.4 is 0 Å². The molecule has 1 aliphatic heterocycles. The van der Waals surface area contributed by atoms with Crippen molar-refractivity contribution in [3.8, 4) is 0 Å². The van der Waals surface area contributed by atoms with Crippen LogP contribution in [0.1, 0.15) is 0 Å². The quantitative estimate of drug-likeness (QED) is 0.395. The van der Waals surface area contributed by atoms with E-state index in [1.807, 2.05) is 0 Å². The first kappa shape index (κ1) is 7.64. The molecule has 0 aromatic rings. The second kappa shape index (κ2) is 1.41. The van der Waals surface area contributed by atoms with Gasteiger partial charge in [0.25, 0.3) is 0 Å². The number of ether oxygens (including phenoxy) is 1. The molecule has 1 atom stereocenters. The third-order valence-electron chi connectivity index (χ3n) is 0.966. The molecule has 0 aromatic heterocycles. The number of halogens is 6. The zero-order valence-electron chi connectivity index (χ0n) is 4.18. The Morgan fingerprint density at radius 3 is 1.30 bits per heavy atom. The zero-order valence-corrected chi connectivity index (χ0v) is 4.18. The largest absolute Gasteiger partial charge is 0.458 e. The molecule has 0 spiro atoms. The molecule has 0 saturated carbocycles. The maximum absolute atomic E-state index is 11.7. The summed E-state index contributed by atoms with van der Waals surface area (Å²) in [5, 5.41) is 0. The Morgan fingerprint density at radius 1 is 1.00 bits per heavy atom. The Hall–Kier alpha value is -0.460. The SMILES string of the molecule is FC(F)(F)[C@@]1(F)OC1(F)F. The van der Waals surface area contributed by atoms with Crippen molar-refractivity contribution >= 4 is 0 Å². The van der Waals surface area contributed by atoms with Gasteiger partial charge in [0.1, 0.15) is 0 Å². The summed E-state index contributed by atoms with van der Waals surface area (Å²) in [6.45, 7) is 0. The van der Waals surface area contributed by atoms with E-state index >= 15 is 0 Å². The van der Waals surface area contributed by atoms with E-state index < -0.39 is 18.1 Å². The van der Waals surface area contributed by atoms with Gasteiger partial charge in [-0.3, -0.25) is 4.74 Å². The molecule has 1 saturated heterocycles. The Labute approximate surface area is 50.6 Å². The van der Waals surface area contributed by atoms with Gasteiger partial charge in [-0.2, -0.15) is 26.3 Å². The van der Waals surface area contributed by atoms with Crippen molar-refractivity contribution in [2.45, 2.75) is 18.1 Å². The maximum Gasteiger partial charge on any atom is 0.458 e. The van der Waals surface area contributed by atoms with Gasteiger partial charge >= 0.3 is 18.1 Å². The topological polar surface area (TPSA) is 12.5 Å². The monoisotopic (exact) mass is 166 g/mol. The summed E-state index contributed by atoms with van der Waals surface area (Å²) in [5.41, 5.74) is 0. The summed E-state index contributed by atoms with van der Waals surface area (Å²) < 4.78 is 70.4. The first-order valence-electron chi connectivity index (χ1n) is 2.04. The van der Waals surface area contributed by atoms with Crippen molar-refractivity contribution in [1.82, 2.24) is 0 Å². The highest BCUT2D eigenvalue weighted by atomic mass is 19.4. The average molecular weight is 166 g/mol. The first-order valence-corrected chi connectivity index (χ1v) is 2.04. The summed E-state index contributed by atoms with van der Waals surface area (Å²) in [7, 11) is 0. The molecule has 0 bridgehead atoms. The molecule has 7 heteroatoms. The molecule has 1 nitrogen and oxygen atoms in total. The molecule has 0 N–H and O–H groups in total. The van der Waals surface area contributed by atoms with E-state index in [0.29, 0.717) is 0 Å². The minimum absolute atomic E-state index is 2.53. The van der Waals surface area contributed by atoms with Crippen molar-refractivity contribution in [2.24, 2.45) is 0 Å². The predicted octanol–water partition coefficient (Wildman–Crippen LogP) is 1.84. The molecule has 1 fully saturated rings. The molecule has 0 aliphatic carbocycles. The molecular formula is C3F6O. The zero-order chi connectivity index (χ0) is 8.21. The van der Waals surface area contributed by atoms with Crippen LogP contribution in [-0.2, 0) is 4.74 Å². The van der Waals surface area contributed by atoms with Crippen molar-refractivity contribution in [3.63, 3.8) is 0 Å². The maximum atomic E-state index is 11.7. The van der Waals surface area contributed by atoms with Crippen LogP contribution in [0.25, 0.3) is 0 Å². The molecular weight excluding hydrogens is 166 g/mol. The second-order valence-electron chi connectivity index (χ2n) is 1.71. The molecule has 0 unspecified atom stereocenters. The van der Waals surface area contributed by atoms with E-state index in [9.17, 15) is 26.3 Å².